The molecule has 0 amide bonds. The van der Waals surface area contributed by atoms with Gasteiger partial charge in [-0.2, -0.15) is 65.9 Å². The van der Waals surface area contributed by atoms with Gasteiger partial charge in [-0.15, -0.1) is 0 Å². The molecule has 0 saturated carbocycles. The van der Waals surface area contributed by atoms with Crippen LogP contribution in [0.15, 0.2) is 218 Å². The highest BCUT2D eigenvalue weighted by atomic mass is 19.4. The highest BCUT2D eigenvalue weighted by Crippen LogP contribution is 2.49. The number of alkyl halides is 15. The summed E-state index contributed by atoms with van der Waals surface area (Å²) in [5, 5.41) is -0.257. The first-order chi connectivity index (χ1) is 41.3. The van der Waals surface area contributed by atoms with E-state index in [-0.39, 0.29) is 96.3 Å². The lowest BCUT2D eigenvalue weighted by atomic mass is 9.94. The first-order valence-corrected chi connectivity index (χ1v) is 26.2. The number of hydrogen-bond acceptors (Lipinski definition) is 4. The van der Waals surface area contributed by atoms with Gasteiger partial charge in [0.05, 0.1) is 67.3 Å². The van der Waals surface area contributed by atoms with Crippen molar-refractivity contribution in [3.05, 3.63) is 246 Å². The van der Waals surface area contributed by atoms with Crippen molar-refractivity contribution >= 4 is 21.8 Å². The molecule has 9 aromatic carbocycles. The van der Waals surface area contributed by atoms with Crippen LogP contribution < -0.4 is 0 Å². The molecule has 3 heterocycles. The number of halogens is 15. The summed E-state index contributed by atoms with van der Waals surface area (Å²) in [4.78, 5) is 19.7. The van der Waals surface area contributed by atoms with Crippen LogP contribution in [0.5, 0.6) is 0 Å². The molecule has 0 saturated heterocycles. The normalized spacial score (nSPS) is 12.5. The third kappa shape index (κ3) is 11.3. The van der Waals surface area contributed by atoms with E-state index in [1.54, 1.807) is 127 Å². The van der Waals surface area contributed by atoms with Crippen LogP contribution in [0.4, 0.5) is 65.9 Å². The summed E-state index contributed by atoms with van der Waals surface area (Å²) >= 11 is 0. The molecule has 0 unspecified atom stereocenters. The minimum Gasteiger partial charge on any atom is -0.308 e. The van der Waals surface area contributed by atoms with Crippen LogP contribution in [0.1, 0.15) is 27.8 Å². The van der Waals surface area contributed by atoms with E-state index < -0.39 is 69.8 Å². The minimum atomic E-state index is -5.41. The van der Waals surface area contributed by atoms with E-state index in [9.17, 15) is 26.3 Å². The third-order valence-corrected chi connectivity index (χ3v) is 14.6. The van der Waals surface area contributed by atoms with Crippen LogP contribution in [0.2, 0.25) is 0 Å². The molecule has 0 atom stereocenters. The maximum absolute atomic E-state index is 16.0. The van der Waals surface area contributed by atoms with Crippen LogP contribution in [0.25, 0.3) is 118 Å². The molecule has 0 radical (unpaired) electrons. The van der Waals surface area contributed by atoms with E-state index in [1.807, 2.05) is 0 Å². The zero-order valence-electron chi connectivity index (χ0n) is 44.2. The van der Waals surface area contributed by atoms with Gasteiger partial charge in [-0.05, 0) is 95.1 Å². The van der Waals surface area contributed by atoms with Gasteiger partial charge in [0.2, 0.25) is 0 Å². The fourth-order valence-electron chi connectivity index (χ4n) is 10.6. The molecule has 0 N–H and O–H groups in total. The zero-order chi connectivity index (χ0) is 61.4. The summed E-state index contributed by atoms with van der Waals surface area (Å²) < 4.78 is 224. The van der Waals surface area contributed by atoms with Crippen LogP contribution >= 0.6 is 0 Å². The van der Waals surface area contributed by atoms with E-state index in [0.717, 1.165) is 36.4 Å². The Morgan fingerprint density at radius 2 is 0.609 bits per heavy atom. The topological polar surface area (TPSA) is 56.5 Å². The van der Waals surface area contributed by atoms with Gasteiger partial charge in [0.25, 0.3) is 0 Å². The van der Waals surface area contributed by atoms with Crippen molar-refractivity contribution < 1.29 is 65.9 Å². The fourth-order valence-corrected chi connectivity index (χ4v) is 10.6. The highest BCUT2D eigenvalue weighted by molar-refractivity contribution is 6.13. The van der Waals surface area contributed by atoms with Crippen LogP contribution in [0.3, 0.4) is 0 Å². The average molecular weight is 1200 g/mol. The Hall–Kier alpha value is -10.1. The van der Waals surface area contributed by atoms with Crippen LogP contribution in [0, 0.1) is 0 Å². The van der Waals surface area contributed by atoms with Crippen LogP contribution in [-0.4, -0.2) is 24.5 Å². The average Bonchev–Trinajstić information content (AvgIpc) is 2.07. The van der Waals surface area contributed by atoms with Gasteiger partial charge in [-0.25, -0.2) is 19.9 Å². The fraction of sp³-hybridized carbons (Fsp3) is 0.0746. The molecule has 3 aromatic heterocycles. The second-order valence-electron chi connectivity index (χ2n) is 20.1. The Kier molecular flexibility index (Phi) is 14.1. The molecular formula is C67H36F15N5. The molecule has 0 fully saturated rings. The molecule has 0 aliphatic rings. The van der Waals surface area contributed by atoms with Gasteiger partial charge >= 0.3 is 30.9 Å². The number of aromatic nitrogens is 5. The number of benzene rings is 9. The molecule has 12 rings (SSSR count). The quantitative estimate of drug-likeness (QED) is 0.135. The number of hydrogen-bond donors (Lipinski definition) is 0. The van der Waals surface area contributed by atoms with Gasteiger partial charge in [-0.1, -0.05) is 146 Å². The van der Waals surface area contributed by atoms with Crippen molar-refractivity contribution in [1.29, 1.82) is 0 Å². The Bertz CT molecular complexity index is 4200. The molecule has 0 aliphatic carbocycles. The molecule has 0 spiro atoms. The van der Waals surface area contributed by atoms with Crippen molar-refractivity contribution in [2.24, 2.45) is 0 Å². The molecule has 0 bridgehead atoms. The summed E-state index contributed by atoms with van der Waals surface area (Å²) in [5.74, 6) is -0.281. The Morgan fingerprint density at radius 1 is 0.253 bits per heavy atom. The van der Waals surface area contributed by atoms with Gasteiger partial charge in [0, 0.05) is 44.2 Å². The summed E-state index contributed by atoms with van der Waals surface area (Å²) in [5.41, 5.74) is -8.67. The van der Waals surface area contributed by atoms with E-state index in [1.165, 1.54) is 22.8 Å². The standard InChI is InChI=1S/C67H36F15N5/c68-63(69,70)43-23-25-46(52(33-43)66(77,78)79)41-21-27-58-48(29-41)49-30-42(47-26-24-44(64(71,72)73)34-53(47)67(80,81)82)22-28-59(49)87(58)60-50(57-36-56(39-17-9-3-10-18-39)83-61(86-57)40-19-11-4-12-20-40)31-45(65(74,75)76)32-51(60)62-84-54(37-13-5-1-6-14-37)35-55(85-62)38-15-7-2-8-16-38/h1-36H. The lowest BCUT2D eigenvalue weighted by Crippen LogP contribution is -2.12. The highest BCUT2D eigenvalue weighted by Gasteiger charge is 2.41. The molecule has 20 heteroatoms. The van der Waals surface area contributed by atoms with E-state index in [2.05, 4.69) is 0 Å². The number of fused-ring (bicyclic) bond motifs is 3. The molecule has 434 valence electrons. The summed E-state index contributed by atoms with van der Waals surface area (Å²) in [6, 6.07) is 47.7. The smallest absolute Gasteiger partial charge is 0.308 e. The maximum atomic E-state index is 16.0. The lowest BCUT2D eigenvalue weighted by molar-refractivity contribution is -0.144. The van der Waals surface area contributed by atoms with E-state index >= 15 is 39.5 Å². The second kappa shape index (κ2) is 21.4. The molecule has 12 aromatic rings. The molecule has 0 aliphatic heterocycles. The Labute approximate surface area is 483 Å². The van der Waals surface area contributed by atoms with Crippen molar-refractivity contribution in [1.82, 2.24) is 24.5 Å². The summed E-state index contributed by atoms with van der Waals surface area (Å²) in [6.45, 7) is 0. The van der Waals surface area contributed by atoms with Gasteiger partial charge in [0.15, 0.2) is 11.6 Å². The monoisotopic (exact) mass is 1200 g/mol. The van der Waals surface area contributed by atoms with Crippen molar-refractivity contribution in [3.8, 4) is 95.7 Å². The second-order valence-corrected chi connectivity index (χ2v) is 20.1. The van der Waals surface area contributed by atoms with Crippen LogP contribution in [-0.2, 0) is 30.9 Å². The van der Waals surface area contributed by atoms with Gasteiger partial charge in [-0.3, -0.25) is 0 Å². The van der Waals surface area contributed by atoms with Crippen molar-refractivity contribution in [2.45, 2.75) is 30.9 Å². The number of rotatable bonds is 9. The molecule has 87 heavy (non-hydrogen) atoms. The van der Waals surface area contributed by atoms with E-state index in [4.69, 9.17) is 19.9 Å². The van der Waals surface area contributed by atoms with Gasteiger partial charge < -0.3 is 4.57 Å². The molecule has 5 nitrogen and oxygen atoms in total. The largest absolute Gasteiger partial charge is 0.417 e. The minimum absolute atomic E-state index is 0.0380. The number of nitrogens with zero attached hydrogens (tertiary/aromatic N) is 5. The summed E-state index contributed by atoms with van der Waals surface area (Å²) in [6.07, 6.45) is -26.4. The Balaban J connectivity index is 1.26. The molecular weight excluding hydrogens is 1160 g/mol. The first-order valence-electron chi connectivity index (χ1n) is 26.2. The lowest BCUT2D eigenvalue weighted by Gasteiger charge is -2.22. The summed E-state index contributed by atoms with van der Waals surface area (Å²) in [7, 11) is 0. The van der Waals surface area contributed by atoms with Crippen molar-refractivity contribution in [3.63, 3.8) is 0 Å². The van der Waals surface area contributed by atoms with Crippen molar-refractivity contribution in [2.75, 3.05) is 0 Å². The van der Waals surface area contributed by atoms with Gasteiger partial charge in [0.1, 0.15) is 0 Å². The first kappa shape index (κ1) is 57.3. The Morgan fingerprint density at radius 3 is 1.00 bits per heavy atom. The predicted molar refractivity (Wildman–Crippen MR) is 300 cm³/mol. The predicted octanol–water partition coefficient (Wildman–Crippen LogP) is 20.8. The third-order valence-electron chi connectivity index (χ3n) is 14.6. The zero-order valence-corrected chi connectivity index (χ0v) is 44.2. The van der Waals surface area contributed by atoms with E-state index in [0.29, 0.717) is 46.5 Å². The maximum Gasteiger partial charge on any atom is 0.417 e. The SMILES string of the molecule is FC(F)(F)c1cc(-c2cc(-c3ccccc3)nc(-c3ccccc3)n2)c(-n2c3ccc(-c4ccc(C(F)(F)F)cc4C(F)(F)F)cc3c3cc(-c4ccc(C(F)(F)F)cc4C(F)(F)F)ccc32)c(-c2nc(-c3ccccc3)cc(-c3ccccc3)n2)c1.